The average Bonchev–Trinajstić information content (AvgIpc) is 2.46. The van der Waals surface area contributed by atoms with Crippen molar-refractivity contribution in [1.82, 2.24) is 0 Å². The summed E-state index contributed by atoms with van der Waals surface area (Å²) in [7, 11) is 0. The van der Waals surface area contributed by atoms with Crippen LogP contribution >= 0.6 is 0 Å². The summed E-state index contributed by atoms with van der Waals surface area (Å²) < 4.78 is 0. The van der Waals surface area contributed by atoms with E-state index in [1.165, 1.54) is 56.3 Å². The molecular weight excluding hydrogens is 232 g/mol. The third kappa shape index (κ3) is 2.27. The van der Waals surface area contributed by atoms with Gasteiger partial charge < -0.3 is 10.6 Å². The Morgan fingerprint density at radius 2 is 2.16 bits per heavy atom. The van der Waals surface area contributed by atoms with Gasteiger partial charge >= 0.3 is 0 Å². The zero-order valence-corrected chi connectivity index (χ0v) is 12.1. The van der Waals surface area contributed by atoms with Crippen LogP contribution in [0.5, 0.6) is 0 Å². The molecule has 1 saturated carbocycles. The summed E-state index contributed by atoms with van der Waals surface area (Å²) in [6.07, 6.45) is 7.73. The summed E-state index contributed by atoms with van der Waals surface area (Å²) in [5.74, 6) is 0.811. The summed E-state index contributed by atoms with van der Waals surface area (Å²) in [4.78, 5) is 2.65. The quantitative estimate of drug-likeness (QED) is 0.881. The zero-order chi connectivity index (χ0) is 13.3. The van der Waals surface area contributed by atoms with Gasteiger partial charge in [-0.1, -0.05) is 38.0 Å². The molecule has 0 radical (unpaired) electrons. The first kappa shape index (κ1) is 13.0. The molecule has 2 nitrogen and oxygen atoms in total. The average molecular weight is 258 g/mol. The molecule has 0 spiro atoms. The number of fused-ring (bicyclic) bond motifs is 1. The van der Waals surface area contributed by atoms with Gasteiger partial charge in [-0.2, -0.15) is 0 Å². The minimum Gasteiger partial charge on any atom is -0.364 e. The zero-order valence-electron chi connectivity index (χ0n) is 12.1. The lowest BCUT2D eigenvalue weighted by Gasteiger charge is -2.51. The number of rotatable bonds is 2. The molecule has 2 aliphatic rings. The van der Waals surface area contributed by atoms with Crippen molar-refractivity contribution in [2.75, 3.05) is 18.0 Å². The molecule has 2 heteroatoms. The van der Waals surface area contributed by atoms with E-state index in [4.69, 9.17) is 5.73 Å². The van der Waals surface area contributed by atoms with Crippen molar-refractivity contribution in [3.05, 3.63) is 29.8 Å². The van der Waals surface area contributed by atoms with Crippen LogP contribution in [-0.4, -0.2) is 18.6 Å². The van der Waals surface area contributed by atoms with Crippen molar-refractivity contribution < 1.29 is 0 Å². The van der Waals surface area contributed by atoms with E-state index in [-0.39, 0.29) is 5.54 Å². The van der Waals surface area contributed by atoms with Gasteiger partial charge in [0.1, 0.15) is 0 Å². The fourth-order valence-corrected chi connectivity index (χ4v) is 4.20. The van der Waals surface area contributed by atoms with Crippen molar-refractivity contribution in [2.24, 2.45) is 11.7 Å². The fourth-order valence-electron chi connectivity index (χ4n) is 4.20. The van der Waals surface area contributed by atoms with Crippen LogP contribution in [0.25, 0.3) is 0 Å². The minimum absolute atomic E-state index is 0.216. The topological polar surface area (TPSA) is 29.3 Å². The first-order valence-electron chi connectivity index (χ1n) is 7.81. The lowest BCUT2D eigenvalue weighted by Crippen LogP contribution is -2.58. The van der Waals surface area contributed by atoms with E-state index in [0.717, 1.165) is 12.5 Å². The maximum Gasteiger partial charge on any atom is 0.0526 e. The molecule has 0 amide bonds. The molecule has 1 aliphatic heterocycles. The van der Waals surface area contributed by atoms with Crippen molar-refractivity contribution in [1.29, 1.82) is 0 Å². The van der Waals surface area contributed by atoms with Crippen molar-refractivity contribution >= 4 is 5.69 Å². The number of benzene rings is 1. The molecule has 2 atom stereocenters. The molecule has 1 aliphatic carbocycles. The molecule has 0 bridgehead atoms. The van der Waals surface area contributed by atoms with Crippen molar-refractivity contribution in [3.63, 3.8) is 0 Å². The summed E-state index contributed by atoms with van der Waals surface area (Å²) >= 11 is 0. The Morgan fingerprint density at radius 1 is 1.32 bits per heavy atom. The molecule has 1 heterocycles. The Morgan fingerprint density at radius 3 is 2.95 bits per heavy atom. The van der Waals surface area contributed by atoms with Gasteiger partial charge in [0.15, 0.2) is 0 Å². The van der Waals surface area contributed by atoms with Crippen molar-refractivity contribution in [3.8, 4) is 0 Å². The van der Waals surface area contributed by atoms with Crippen LogP contribution in [0, 0.1) is 5.92 Å². The van der Waals surface area contributed by atoms with Crippen LogP contribution < -0.4 is 10.6 Å². The second-order valence-corrected chi connectivity index (χ2v) is 6.51. The van der Waals surface area contributed by atoms with Gasteiger partial charge in [-0.3, -0.25) is 0 Å². The van der Waals surface area contributed by atoms with Crippen LogP contribution in [0.1, 0.15) is 44.6 Å². The van der Waals surface area contributed by atoms with Crippen LogP contribution in [0.2, 0.25) is 0 Å². The smallest absolute Gasteiger partial charge is 0.0526 e. The molecule has 0 aromatic heterocycles. The van der Waals surface area contributed by atoms with E-state index in [1.807, 2.05) is 0 Å². The first-order chi connectivity index (χ1) is 9.25. The number of anilines is 1. The van der Waals surface area contributed by atoms with Gasteiger partial charge in [0.2, 0.25) is 0 Å². The molecule has 1 aromatic carbocycles. The van der Waals surface area contributed by atoms with E-state index in [1.54, 1.807) is 0 Å². The summed E-state index contributed by atoms with van der Waals surface area (Å²) in [5, 5.41) is 0. The van der Waals surface area contributed by atoms with Crippen LogP contribution in [-0.2, 0) is 6.42 Å². The third-order valence-corrected chi connectivity index (χ3v) is 5.13. The van der Waals surface area contributed by atoms with E-state index in [9.17, 15) is 0 Å². The highest BCUT2D eigenvalue weighted by molar-refractivity contribution is 5.57. The molecule has 2 N–H and O–H groups in total. The van der Waals surface area contributed by atoms with Gasteiger partial charge in [-0.05, 0) is 43.2 Å². The normalized spacial score (nSPS) is 31.1. The molecule has 104 valence electrons. The minimum atomic E-state index is 0.216. The second kappa shape index (κ2) is 5.16. The number of para-hydroxylation sites is 1. The van der Waals surface area contributed by atoms with Gasteiger partial charge in [-0.25, -0.2) is 0 Å². The van der Waals surface area contributed by atoms with Crippen LogP contribution in [0.4, 0.5) is 5.69 Å². The Kier molecular flexibility index (Phi) is 3.53. The number of nitrogens with two attached hydrogens (primary N) is 1. The first-order valence-corrected chi connectivity index (χ1v) is 7.81. The number of nitrogens with zero attached hydrogens (tertiary/aromatic N) is 1. The Balaban J connectivity index is 1.96. The molecule has 3 rings (SSSR count). The van der Waals surface area contributed by atoms with Crippen LogP contribution in [0.15, 0.2) is 24.3 Å². The van der Waals surface area contributed by atoms with E-state index < -0.39 is 0 Å². The Labute approximate surface area is 117 Å². The maximum atomic E-state index is 6.25. The highest BCUT2D eigenvalue weighted by Crippen LogP contribution is 2.41. The van der Waals surface area contributed by atoms with Gasteiger partial charge in [0.25, 0.3) is 0 Å². The molecule has 1 fully saturated rings. The maximum absolute atomic E-state index is 6.25. The van der Waals surface area contributed by atoms with Crippen LogP contribution in [0.3, 0.4) is 0 Å². The van der Waals surface area contributed by atoms with E-state index in [2.05, 4.69) is 36.1 Å². The lowest BCUT2D eigenvalue weighted by atomic mass is 9.74. The molecule has 0 saturated heterocycles. The molecule has 19 heavy (non-hydrogen) atoms. The summed E-state index contributed by atoms with van der Waals surface area (Å²) in [6, 6.07) is 8.93. The molecule has 2 unspecified atom stereocenters. The Bertz CT molecular complexity index is 443. The number of aryl methyl sites for hydroxylation is 1. The SMILES string of the molecule is CC1CCCC(CN)(N2CCCc3ccccc32)C1. The predicted octanol–water partition coefficient (Wildman–Crippen LogP) is 3.35. The fraction of sp³-hybridized carbons (Fsp3) is 0.647. The highest BCUT2D eigenvalue weighted by atomic mass is 15.2. The van der Waals surface area contributed by atoms with Gasteiger partial charge in [-0.15, -0.1) is 0 Å². The third-order valence-electron chi connectivity index (χ3n) is 5.13. The summed E-state index contributed by atoms with van der Waals surface area (Å²) in [6.45, 7) is 4.37. The summed E-state index contributed by atoms with van der Waals surface area (Å²) in [5.41, 5.74) is 9.43. The standard InChI is InChI=1S/C17H26N2/c1-14-6-4-10-17(12-14,13-18)19-11-5-8-15-7-2-3-9-16(15)19/h2-3,7,9,14H,4-6,8,10-13,18H2,1H3. The monoisotopic (exact) mass is 258 g/mol. The number of hydrogen-bond acceptors (Lipinski definition) is 2. The highest BCUT2D eigenvalue weighted by Gasteiger charge is 2.40. The van der Waals surface area contributed by atoms with E-state index in [0.29, 0.717) is 0 Å². The van der Waals surface area contributed by atoms with Gasteiger partial charge in [0.05, 0.1) is 5.54 Å². The molecule has 1 aromatic rings. The predicted molar refractivity (Wildman–Crippen MR) is 81.5 cm³/mol. The number of hydrogen-bond donors (Lipinski definition) is 1. The van der Waals surface area contributed by atoms with Crippen molar-refractivity contribution in [2.45, 2.75) is 51.0 Å². The van der Waals surface area contributed by atoms with E-state index >= 15 is 0 Å². The largest absolute Gasteiger partial charge is 0.364 e. The van der Waals surface area contributed by atoms with Gasteiger partial charge in [0, 0.05) is 18.8 Å². The lowest BCUT2D eigenvalue weighted by molar-refractivity contribution is 0.224. The molecular formula is C17H26N2. The Hall–Kier alpha value is -1.02. The second-order valence-electron chi connectivity index (χ2n) is 6.51.